The van der Waals surface area contributed by atoms with Crippen molar-refractivity contribution in [2.45, 2.75) is 25.4 Å². The maximum Gasteiger partial charge on any atom is 0.140 e. The van der Waals surface area contributed by atoms with E-state index in [1.54, 1.807) is 6.07 Å². The molecule has 1 aromatic carbocycles. The molecule has 4 heteroatoms. The Kier molecular flexibility index (Phi) is 3.63. The summed E-state index contributed by atoms with van der Waals surface area (Å²) in [5, 5.41) is 4.36. The van der Waals surface area contributed by atoms with E-state index < -0.39 is 0 Å². The lowest BCUT2D eigenvalue weighted by Crippen LogP contribution is -2.47. The van der Waals surface area contributed by atoms with Gasteiger partial charge in [-0.2, -0.15) is 0 Å². The molecule has 1 fully saturated rings. The summed E-state index contributed by atoms with van der Waals surface area (Å²) in [6.07, 6.45) is 2.15. The van der Waals surface area contributed by atoms with Crippen molar-refractivity contribution in [2.24, 2.45) is 0 Å². The van der Waals surface area contributed by atoms with E-state index in [2.05, 4.69) is 12.2 Å². The van der Waals surface area contributed by atoms with E-state index in [0.717, 1.165) is 25.9 Å². The highest BCUT2D eigenvalue weighted by molar-refractivity contribution is 6.42. The minimum Gasteiger partial charge on any atom is -0.485 e. The monoisotopic (exact) mass is 259 g/mol. The molecule has 0 aromatic heterocycles. The van der Waals surface area contributed by atoms with E-state index in [4.69, 9.17) is 27.9 Å². The molecule has 16 heavy (non-hydrogen) atoms. The zero-order chi connectivity index (χ0) is 11.6. The first-order valence-corrected chi connectivity index (χ1v) is 6.20. The van der Waals surface area contributed by atoms with Crippen molar-refractivity contribution < 1.29 is 4.74 Å². The van der Waals surface area contributed by atoms with Gasteiger partial charge in [-0.25, -0.2) is 0 Å². The standard InChI is InChI=1S/C12H15Cl2NO/c1-12(6-3-7-15-8-12)16-10-5-2-4-9(13)11(10)14/h2,4-5,15H,3,6-8H2,1H3. The summed E-state index contributed by atoms with van der Waals surface area (Å²) < 4.78 is 5.98. The van der Waals surface area contributed by atoms with Gasteiger partial charge in [0, 0.05) is 6.54 Å². The molecule has 2 nitrogen and oxygen atoms in total. The Bertz CT molecular complexity index is 375. The Morgan fingerprint density at radius 3 is 2.88 bits per heavy atom. The Labute approximate surface area is 106 Å². The summed E-state index contributed by atoms with van der Waals surface area (Å²) in [6, 6.07) is 5.47. The Morgan fingerprint density at radius 2 is 2.19 bits per heavy atom. The molecule has 1 heterocycles. The zero-order valence-corrected chi connectivity index (χ0v) is 10.7. The van der Waals surface area contributed by atoms with Crippen molar-refractivity contribution in [2.75, 3.05) is 13.1 Å². The predicted octanol–water partition coefficient (Wildman–Crippen LogP) is 3.51. The van der Waals surface area contributed by atoms with Crippen molar-refractivity contribution in [1.29, 1.82) is 0 Å². The second kappa shape index (κ2) is 4.82. The van der Waals surface area contributed by atoms with Crippen LogP contribution in [0.4, 0.5) is 0 Å². The van der Waals surface area contributed by atoms with E-state index in [9.17, 15) is 0 Å². The number of rotatable bonds is 2. The minimum atomic E-state index is -0.188. The third-order valence-corrected chi connectivity index (χ3v) is 3.63. The van der Waals surface area contributed by atoms with Gasteiger partial charge in [0.25, 0.3) is 0 Å². The largest absolute Gasteiger partial charge is 0.485 e. The molecule has 1 N–H and O–H groups in total. The topological polar surface area (TPSA) is 21.3 Å². The summed E-state index contributed by atoms with van der Waals surface area (Å²) in [5.41, 5.74) is -0.188. The molecule has 0 amide bonds. The van der Waals surface area contributed by atoms with Crippen molar-refractivity contribution in [1.82, 2.24) is 5.32 Å². The maximum atomic E-state index is 6.10. The summed E-state index contributed by atoms with van der Waals surface area (Å²) in [5.74, 6) is 0.667. The van der Waals surface area contributed by atoms with Crippen LogP contribution in [0.15, 0.2) is 18.2 Å². The van der Waals surface area contributed by atoms with Crippen LogP contribution in [0.25, 0.3) is 0 Å². The molecule has 0 saturated carbocycles. The quantitative estimate of drug-likeness (QED) is 0.878. The summed E-state index contributed by atoms with van der Waals surface area (Å²) >= 11 is 12.0. The van der Waals surface area contributed by atoms with Crippen LogP contribution in [-0.2, 0) is 0 Å². The van der Waals surface area contributed by atoms with Crippen LogP contribution in [-0.4, -0.2) is 18.7 Å². The number of hydrogen-bond donors (Lipinski definition) is 1. The molecule has 1 saturated heterocycles. The average molecular weight is 260 g/mol. The smallest absolute Gasteiger partial charge is 0.140 e. The van der Waals surface area contributed by atoms with E-state index in [1.807, 2.05) is 12.1 Å². The van der Waals surface area contributed by atoms with Crippen LogP contribution in [0.2, 0.25) is 10.0 Å². The van der Waals surface area contributed by atoms with Crippen molar-refractivity contribution in [3.05, 3.63) is 28.2 Å². The predicted molar refractivity (Wildman–Crippen MR) is 67.6 cm³/mol. The van der Waals surface area contributed by atoms with Crippen molar-refractivity contribution in [3.8, 4) is 5.75 Å². The second-order valence-electron chi connectivity index (χ2n) is 4.38. The van der Waals surface area contributed by atoms with Gasteiger partial charge in [0.15, 0.2) is 0 Å². The lowest BCUT2D eigenvalue weighted by molar-refractivity contribution is 0.0616. The highest BCUT2D eigenvalue weighted by Gasteiger charge is 2.29. The lowest BCUT2D eigenvalue weighted by Gasteiger charge is -2.35. The van der Waals surface area contributed by atoms with Gasteiger partial charge in [0.05, 0.1) is 5.02 Å². The third-order valence-electron chi connectivity index (χ3n) is 2.83. The summed E-state index contributed by atoms with van der Waals surface area (Å²) in [6.45, 7) is 3.99. The van der Waals surface area contributed by atoms with Crippen LogP contribution in [0.3, 0.4) is 0 Å². The molecule has 1 atom stereocenters. The summed E-state index contributed by atoms with van der Waals surface area (Å²) in [4.78, 5) is 0. The molecule has 1 aliphatic heterocycles. The third kappa shape index (κ3) is 2.62. The molecule has 88 valence electrons. The fourth-order valence-corrected chi connectivity index (χ4v) is 2.27. The van der Waals surface area contributed by atoms with Gasteiger partial charge in [-0.1, -0.05) is 29.3 Å². The number of hydrogen-bond acceptors (Lipinski definition) is 2. The molecule has 0 aliphatic carbocycles. The molecular weight excluding hydrogens is 245 g/mol. The lowest BCUT2D eigenvalue weighted by atomic mass is 9.96. The average Bonchev–Trinajstić information content (AvgIpc) is 2.26. The molecule has 0 radical (unpaired) electrons. The number of nitrogens with one attached hydrogen (secondary N) is 1. The zero-order valence-electron chi connectivity index (χ0n) is 9.22. The van der Waals surface area contributed by atoms with Gasteiger partial charge >= 0.3 is 0 Å². The minimum absolute atomic E-state index is 0.188. The highest BCUT2D eigenvalue weighted by atomic mass is 35.5. The van der Waals surface area contributed by atoms with Gasteiger partial charge in [0.2, 0.25) is 0 Å². The molecule has 1 aliphatic rings. The fourth-order valence-electron chi connectivity index (χ4n) is 1.94. The van der Waals surface area contributed by atoms with E-state index in [0.29, 0.717) is 15.8 Å². The Morgan fingerprint density at radius 1 is 1.38 bits per heavy atom. The SMILES string of the molecule is CC1(Oc2cccc(Cl)c2Cl)CCCNC1. The first-order chi connectivity index (χ1) is 7.61. The molecule has 1 unspecified atom stereocenters. The van der Waals surface area contributed by atoms with Crippen LogP contribution < -0.4 is 10.1 Å². The number of piperidine rings is 1. The van der Waals surface area contributed by atoms with E-state index in [-0.39, 0.29) is 5.60 Å². The number of ether oxygens (including phenoxy) is 1. The molecule has 0 bridgehead atoms. The van der Waals surface area contributed by atoms with E-state index in [1.165, 1.54) is 0 Å². The second-order valence-corrected chi connectivity index (χ2v) is 5.17. The van der Waals surface area contributed by atoms with Gasteiger partial charge in [-0.3, -0.25) is 0 Å². The van der Waals surface area contributed by atoms with Gasteiger partial charge in [-0.15, -0.1) is 0 Å². The first-order valence-electron chi connectivity index (χ1n) is 5.44. The number of benzene rings is 1. The van der Waals surface area contributed by atoms with Crippen LogP contribution in [0.5, 0.6) is 5.75 Å². The highest BCUT2D eigenvalue weighted by Crippen LogP contribution is 2.35. The Balaban J connectivity index is 2.16. The van der Waals surface area contributed by atoms with Gasteiger partial charge < -0.3 is 10.1 Å². The van der Waals surface area contributed by atoms with Gasteiger partial charge in [-0.05, 0) is 38.4 Å². The normalized spacial score (nSPS) is 25.4. The molecule has 1 aromatic rings. The Hall–Kier alpha value is -0.440. The summed E-state index contributed by atoms with van der Waals surface area (Å²) in [7, 11) is 0. The van der Waals surface area contributed by atoms with Crippen LogP contribution in [0.1, 0.15) is 19.8 Å². The fraction of sp³-hybridized carbons (Fsp3) is 0.500. The van der Waals surface area contributed by atoms with Crippen molar-refractivity contribution in [3.63, 3.8) is 0 Å². The number of halogens is 2. The van der Waals surface area contributed by atoms with E-state index >= 15 is 0 Å². The molecular formula is C12H15Cl2NO. The molecule has 0 spiro atoms. The molecule has 2 rings (SSSR count). The van der Waals surface area contributed by atoms with Crippen molar-refractivity contribution >= 4 is 23.2 Å². The van der Waals surface area contributed by atoms with Crippen LogP contribution >= 0.6 is 23.2 Å². The van der Waals surface area contributed by atoms with Crippen LogP contribution in [0, 0.1) is 0 Å². The maximum absolute atomic E-state index is 6.10. The first kappa shape index (κ1) is 12.0. The van der Waals surface area contributed by atoms with Gasteiger partial charge in [0.1, 0.15) is 16.4 Å².